The Labute approximate surface area is 158 Å². The van der Waals surface area contributed by atoms with E-state index < -0.39 is 0 Å². The summed E-state index contributed by atoms with van der Waals surface area (Å²) in [6.45, 7) is 1.75. The highest BCUT2D eigenvalue weighted by atomic mass is 16.7. The summed E-state index contributed by atoms with van der Waals surface area (Å²) in [5.41, 5.74) is 3.75. The molecule has 0 saturated carbocycles. The topological polar surface area (TPSA) is 60.0 Å². The van der Waals surface area contributed by atoms with E-state index in [1.165, 1.54) is 6.08 Å². The van der Waals surface area contributed by atoms with Gasteiger partial charge in [-0.15, -0.1) is 0 Å². The van der Waals surface area contributed by atoms with Crippen LogP contribution in [0.3, 0.4) is 0 Å². The van der Waals surface area contributed by atoms with Crippen molar-refractivity contribution >= 4 is 17.7 Å². The third kappa shape index (κ3) is 3.36. The van der Waals surface area contributed by atoms with E-state index in [9.17, 15) is 4.79 Å². The summed E-state index contributed by atoms with van der Waals surface area (Å²) >= 11 is 0. The van der Waals surface area contributed by atoms with Crippen molar-refractivity contribution in [2.45, 2.75) is 13.0 Å². The van der Waals surface area contributed by atoms with Crippen LogP contribution in [0.5, 0.6) is 17.2 Å². The van der Waals surface area contributed by atoms with Crippen molar-refractivity contribution in [2.75, 3.05) is 32.8 Å². The molecule has 0 aliphatic carbocycles. The maximum absolute atomic E-state index is 12.6. The van der Waals surface area contributed by atoms with Crippen molar-refractivity contribution in [3.8, 4) is 17.2 Å². The number of carbonyl (C=O) groups is 1. The Morgan fingerprint density at radius 3 is 2.74 bits per heavy atom. The smallest absolute Gasteiger partial charge is 0.248 e. The molecule has 2 aromatic rings. The number of fused-ring (bicyclic) bond motifs is 2. The van der Waals surface area contributed by atoms with Crippen LogP contribution in [-0.2, 0) is 17.8 Å². The Bertz CT molecular complexity index is 893. The van der Waals surface area contributed by atoms with Crippen molar-refractivity contribution in [1.29, 1.82) is 0 Å². The van der Waals surface area contributed by atoms with Gasteiger partial charge in [0, 0.05) is 24.7 Å². The van der Waals surface area contributed by atoms with Gasteiger partial charge >= 0.3 is 0 Å². The first kappa shape index (κ1) is 17.4. The standard InChI is InChI=1S/C21H22N2O4/c1-23-11-10-15-16(12-23)19(25-2)21-20(26-13-27-21)18(15)22-17(24)9-8-14-6-4-3-5-7-14/h3-9H,10-13H2,1-2H3,(H,22,24). The fourth-order valence-corrected chi connectivity index (χ4v) is 3.54. The molecule has 2 heterocycles. The molecule has 0 atom stereocenters. The van der Waals surface area contributed by atoms with Gasteiger partial charge in [-0.1, -0.05) is 30.3 Å². The minimum absolute atomic E-state index is 0.118. The van der Waals surface area contributed by atoms with Crippen LogP contribution >= 0.6 is 0 Å². The molecule has 1 amide bonds. The number of methoxy groups -OCH3 is 1. The first-order chi connectivity index (χ1) is 13.2. The molecule has 0 unspecified atom stereocenters. The predicted octanol–water partition coefficient (Wildman–Crippen LogP) is 3.06. The van der Waals surface area contributed by atoms with Crippen molar-refractivity contribution < 1.29 is 19.0 Å². The van der Waals surface area contributed by atoms with Crippen molar-refractivity contribution in [2.24, 2.45) is 0 Å². The van der Waals surface area contributed by atoms with Gasteiger partial charge in [0.05, 0.1) is 12.8 Å². The molecule has 6 nitrogen and oxygen atoms in total. The summed E-state index contributed by atoms with van der Waals surface area (Å²) in [4.78, 5) is 14.8. The number of ether oxygens (including phenoxy) is 3. The Balaban J connectivity index is 1.68. The average Bonchev–Trinajstić information content (AvgIpc) is 3.16. The quantitative estimate of drug-likeness (QED) is 0.843. The molecule has 0 spiro atoms. The molecule has 4 rings (SSSR count). The number of anilines is 1. The van der Waals surface area contributed by atoms with E-state index in [1.54, 1.807) is 13.2 Å². The number of nitrogens with zero attached hydrogens (tertiary/aromatic N) is 1. The lowest BCUT2D eigenvalue weighted by molar-refractivity contribution is -0.111. The summed E-state index contributed by atoms with van der Waals surface area (Å²) in [5.74, 6) is 1.61. The number of benzene rings is 2. The lowest BCUT2D eigenvalue weighted by Crippen LogP contribution is -2.28. The Morgan fingerprint density at radius 2 is 1.96 bits per heavy atom. The van der Waals surface area contributed by atoms with Crippen LogP contribution in [0.25, 0.3) is 6.08 Å². The van der Waals surface area contributed by atoms with E-state index >= 15 is 0 Å². The number of likely N-dealkylation sites (N-methyl/N-ethyl adjacent to an activating group) is 1. The second-order valence-electron chi connectivity index (χ2n) is 6.65. The van der Waals surface area contributed by atoms with Crippen LogP contribution < -0.4 is 19.5 Å². The van der Waals surface area contributed by atoms with E-state index in [1.807, 2.05) is 30.3 Å². The van der Waals surface area contributed by atoms with Gasteiger partial charge in [-0.2, -0.15) is 0 Å². The third-order valence-electron chi connectivity index (χ3n) is 4.84. The lowest BCUT2D eigenvalue weighted by Gasteiger charge is -2.29. The van der Waals surface area contributed by atoms with Gasteiger partial charge in [0.2, 0.25) is 18.4 Å². The van der Waals surface area contributed by atoms with E-state index in [-0.39, 0.29) is 12.7 Å². The van der Waals surface area contributed by atoms with Gasteiger partial charge in [-0.25, -0.2) is 0 Å². The lowest BCUT2D eigenvalue weighted by atomic mass is 9.95. The molecule has 140 valence electrons. The third-order valence-corrected chi connectivity index (χ3v) is 4.84. The number of hydrogen-bond acceptors (Lipinski definition) is 5. The number of carbonyl (C=O) groups excluding carboxylic acids is 1. The van der Waals surface area contributed by atoms with Crippen LogP contribution in [0.15, 0.2) is 36.4 Å². The monoisotopic (exact) mass is 366 g/mol. The number of amides is 1. The van der Waals surface area contributed by atoms with E-state index in [4.69, 9.17) is 14.2 Å². The summed E-state index contributed by atoms with van der Waals surface area (Å²) in [5, 5.41) is 3.00. The fourth-order valence-electron chi connectivity index (χ4n) is 3.54. The van der Waals surface area contributed by atoms with Gasteiger partial charge in [0.25, 0.3) is 0 Å². The highest BCUT2D eigenvalue weighted by Gasteiger charge is 2.33. The predicted molar refractivity (Wildman–Crippen MR) is 103 cm³/mol. The summed E-state index contributed by atoms with van der Waals surface area (Å²) in [6, 6.07) is 9.71. The Hall–Kier alpha value is -2.99. The van der Waals surface area contributed by atoms with Gasteiger partial charge in [0.15, 0.2) is 11.5 Å². The Kier molecular flexibility index (Phi) is 4.73. The number of hydrogen-bond donors (Lipinski definition) is 1. The van der Waals surface area contributed by atoms with E-state index in [0.717, 1.165) is 36.2 Å². The minimum Gasteiger partial charge on any atom is -0.492 e. The minimum atomic E-state index is -0.206. The van der Waals surface area contributed by atoms with E-state index in [2.05, 4.69) is 17.3 Å². The van der Waals surface area contributed by atoms with Gasteiger partial charge in [-0.3, -0.25) is 4.79 Å². The van der Waals surface area contributed by atoms with Crippen LogP contribution in [0.4, 0.5) is 5.69 Å². The molecular formula is C21H22N2O4. The second-order valence-corrected chi connectivity index (χ2v) is 6.65. The summed E-state index contributed by atoms with van der Waals surface area (Å²) in [6.07, 6.45) is 4.12. The largest absolute Gasteiger partial charge is 0.492 e. The van der Waals surface area contributed by atoms with Gasteiger partial charge < -0.3 is 24.4 Å². The van der Waals surface area contributed by atoms with Crippen molar-refractivity contribution in [1.82, 2.24) is 4.90 Å². The zero-order valence-electron chi connectivity index (χ0n) is 15.5. The molecule has 1 N–H and O–H groups in total. The SMILES string of the molecule is COc1c2c(c(NC(=O)C=Cc3ccccc3)c3c1OCO3)CCN(C)C2. The highest BCUT2D eigenvalue weighted by molar-refractivity contribution is 6.04. The molecule has 2 aliphatic rings. The number of rotatable bonds is 4. The number of nitrogens with one attached hydrogen (secondary N) is 1. The molecule has 6 heteroatoms. The normalized spacial score (nSPS) is 15.6. The molecule has 0 aromatic heterocycles. The van der Waals surface area contributed by atoms with Crippen LogP contribution in [0.1, 0.15) is 16.7 Å². The molecular weight excluding hydrogens is 344 g/mol. The van der Waals surface area contributed by atoms with Crippen LogP contribution in [-0.4, -0.2) is 38.3 Å². The van der Waals surface area contributed by atoms with Crippen molar-refractivity contribution in [3.63, 3.8) is 0 Å². The highest BCUT2D eigenvalue weighted by Crippen LogP contribution is 2.52. The Morgan fingerprint density at radius 1 is 1.19 bits per heavy atom. The zero-order chi connectivity index (χ0) is 18.8. The summed E-state index contributed by atoms with van der Waals surface area (Å²) < 4.78 is 16.9. The molecule has 0 bridgehead atoms. The van der Waals surface area contributed by atoms with Crippen LogP contribution in [0.2, 0.25) is 0 Å². The second kappa shape index (κ2) is 7.32. The van der Waals surface area contributed by atoms with Crippen LogP contribution in [0, 0.1) is 0 Å². The average molecular weight is 366 g/mol. The van der Waals surface area contributed by atoms with Gasteiger partial charge in [0.1, 0.15) is 0 Å². The molecule has 27 heavy (non-hydrogen) atoms. The first-order valence-corrected chi connectivity index (χ1v) is 8.91. The molecule has 0 saturated heterocycles. The summed E-state index contributed by atoms with van der Waals surface area (Å²) in [7, 11) is 3.70. The molecule has 0 radical (unpaired) electrons. The zero-order valence-corrected chi connectivity index (χ0v) is 15.5. The molecule has 0 fully saturated rings. The maximum Gasteiger partial charge on any atom is 0.248 e. The molecule has 2 aromatic carbocycles. The fraction of sp³-hybridized carbons (Fsp3) is 0.286. The van der Waals surface area contributed by atoms with Crippen molar-refractivity contribution in [3.05, 3.63) is 53.1 Å². The van der Waals surface area contributed by atoms with Gasteiger partial charge in [-0.05, 0) is 30.7 Å². The maximum atomic E-state index is 12.6. The van der Waals surface area contributed by atoms with E-state index in [0.29, 0.717) is 22.9 Å². The molecule has 2 aliphatic heterocycles. The first-order valence-electron chi connectivity index (χ1n) is 8.91.